The van der Waals surface area contributed by atoms with Crippen LogP contribution < -0.4 is 0 Å². The van der Waals surface area contributed by atoms with E-state index in [9.17, 15) is 8.42 Å². The molecule has 0 aliphatic carbocycles. The fraction of sp³-hybridized carbons (Fsp3) is 0.182. The minimum Gasteiger partial charge on any atom is -0.221 e. The van der Waals surface area contributed by atoms with E-state index in [-0.39, 0.29) is 10.0 Å². The first-order chi connectivity index (χ1) is 8.84. The third kappa shape index (κ3) is 2.89. The van der Waals surface area contributed by atoms with E-state index in [0.717, 1.165) is 0 Å². The molecule has 0 aliphatic rings. The van der Waals surface area contributed by atoms with Crippen molar-refractivity contribution in [2.24, 2.45) is 0 Å². The molecule has 1 heterocycles. The van der Waals surface area contributed by atoms with Crippen molar-refractivity contribution in [3.05, 3.63) is 40.1 Å². The van der Waals surface area contributed by atoms with Crippen LogP contribution >= 0.6 is 33.9 Å². The summed E-state index contributed by atoms with van der Waals surface area (Å²) in [5, 5.41) is 4.70. The minimum absolute atomic E-state index is 0.0332. The molecule has 0 spiro atoms. The lowest BCUT2D eigenvalue weighted by molar-refractivity contribution is 0.608. The molecule has 0 atom stereocenters. The van der Waals surface area contributed by atoms with Gasteiger partial charge in [0.25, 0.3) is 9.05 Å². The molecule has 2 aromatic rings. The minimum atomic E-state index is -3.94. The third-order valence-corrected chi connectivity index (χ3v) is 4.60. The molecule has 4 nitrogen and oxygen atoms in total. The van der Waals surface area contributed by atoms with Crippen LogP contribution in [-0.4, -0.2) is 18.2 Å². The van der Waals surface area contributed by atoms with Gasteiger partial charge >= 0.3 is 0 Å². The lowest BCUT2D eigenvalue weighted by atomic mass is 10.3. The lowest BCUT2D eigenvalue weighted by Gasteiger charge is -2.02. The fourth-order valence-corrected chi connectivity index (χ4v) is 3.69. The summed E-state index contributed by atoms with van der Waals surface area (Å²) in [7, 11) is 1.45. The largest absolute Gasteiger partial charge is 0.266 e. The van der Waals surface area contributed by atoms with E-state index >= 15 is 0 Å². The van der Waals surface area contributed by atoms with E-state index in [2.05, 4.69) is 5.10 Å². The Balaban J connectivity index is 2.67. The maximum absolute atomic E-state index is 11.5. The van der Waals surface area contributed by atoms with Crippen molar-refractivity contribution in [1.29, 1.82) is 0 Å². The normalized spacial score (nSPS) is 11.8. The second-order valence-electron chi connectivity index (χ2n) is 3.75. The number of halogens is 3. The van der Waals surface area contributed by atoms with Gasteiger partial charge in [-0.05, 0) is 30.7 Å². The molecular formula is C11H9Cl3N2O2S. The number of aromatic nitrogens is 2. The molecule has 0 amide bonds. The van der Waals surface area contributed by atoms with E-state index < -0.39 is 9.05 Å². The SMILES string of the molecule is CCc1nn(-c2ccc(Cl)cc2)c(Cl)c1S(=O)(=O)Cl. The number of hydrogen-bond donors (Lipinski definition) is 0. The number of aryl methyl sites for hydroxylation is 1. The van der Waals surface area contributed by atoms with Crippen LogP contribution in [0.5, 0.6) is 0 Å². The van der Waals surface area contributed by atoms with Crippen LogP contribution in [-0.2, 0) is 15.5 Å². The van der Waals surface area contributed by atoms with Crippen molar-refractivity contribution in [3.63, 3.8) is 0 Å². The first kappa shape index (κ1) is 14.7. The molecule has 8 heteroatoms. The molecule has 0 fully saturated rings. The van der Waals surface area contributed by atoms with Crippen molar-refractivity contribution in [2.75, 3.05) is 0 Å². The molecule has 19 heavy (non-hydrogen) atoms. The van der Waals surface area contributed by atoms with Crippen LogP contribution in [0.4, 0.5) is 0 Å². The Morgan fingerprint density at radius 1 is 1.21 bits per heavy atom. The zero-order valence-electron chi connectivity index (χ0n) is 9.77. The molecule has 0 saturated carbocycles. The number of hydrogen-bond acceptors (Lipinski definition) is 3. The number of rotatable bonds is 3. The van der Waals surface area contributed by atoms with Gasteiger partial charge in [-0.15, -0.1) is 0 Å². The molecule has 102 valence electrons. The van der Waals surface area contributed by atoms with Crippen molar-refractivity contribution >= 4 is 42.9 Å². The van der Waals surface area contributed by atoms with E-state index in [1.807, 2.05) is 0 Å². The van der Waals surface area contributed by atoms with E-state index in [1.165, 1.54) is 4.68 Å². The van der Waals surface area contributed by atoms with Crippen molar-refractivity contribution in [2.45, 2.75) is 18.2 Å². The zero-order chi connectivity index (χ0) is 14.2. The Labute approximate surface area is 125 Å². The highest BCUT2D eigenvalue weighted by Gasteiger charge is 2.25. The zero-order valence-corrected chi connectivity index (χ0v) is 12.9. The van der Waals surface area contributed by atoms with Gasteiger partial charge in [-0.3, -0.25) is 0 Å². The summed E-state index contributed by atoms with van der Waals surface area (Å²) in [6.45, 7) is 1.77. The summed E-state index contributed by atoms with van der Waals surface area (Å²) in [5.74, 6) is 0. The molecule has 1 aromatic heterocycles. The van der Waals surface area contributed by atoms with Gasteiger partial charge < -0.3 is 0 Å². The summed E-state index contributed by atoms with van der Waals surface area (Å²) >= 11 is 11.9. The van der Waals surface area contributed by atoms with Crippen LogP contribution in [0, 0.1) is 0 Å². The summed E-state index contributed by atoms with van der Waals surface area (Å²) in [4.78, 5) is -0.145. The smallest absolute Gasteiger partial charge is 0.221 e. The van der Waals surface area contributed by atoms with Gasteiger partial charge in [-0.2, -0.15) is 5.10 Å². The van der Waals surface area contributed by atoms with Crippen molar-refractivity contribution in [3.8, 4) is 5.69 Å². The number of nitrogens with zero attached hydrogens (tertiary/aromatic N) is 2. The van der Waals surface area contributed by atoms with E-state index in [0.29, 0.717) is 22.8 Å². The molecule has 0 radical (unpaired) electrons. The van der Waals surface area contributed by atoms with Crippen molar-refractivity contribution in [1.82, 2.24) is 9.78 Å². The molecule has 0 aliphatic heterocycles. The van der Waals surface area contributed by atoms with Gasteiger partial charge in [0, 0.05) is 15.7 Å². The topological polar surface area (TPSA) is 52.0 Å². The highest BCUT2D eigenvalue weighted by atomic mass is 35.7. The molecule has 1 aromatic carbocycles. The first-order valence-corrected chi connectivity index (χ1v) is 8.39. The van der Waals surface area contributed by atoms with Crippen LogP contribution in [0.25, 0.3) is 5.69 Å². The maximum atomic E-state index is 11.5. The molecule has 0 N–H and O–H groups in total. The Morgan fingerprint density at radius 2 is 1.79 bits per heavy atom. The average molecular weight is 340 g/mol. The van der Waals surface area contributed by atoms with Gasteiger partial charge in [-0.25, -0.2) is 13.1 Å². The monoisotopic (exact) mass is 338 g/mol. The maximum Gasteiger partial charge on any atom is 0.266 e. The van der Waals surface area contributed by atoms with Gasteiger partial charge in [0.1, 0.15) is 4.90 Å². The van der Waals surface area contributed by atoms with Gasteiger partial charge in [0.05, 0.1) is 11.4 Å². The Morgan fingerprint density at radius 3 is 2.21 bits per heavy atom. The molecular weight excluding hydrogens is 331 g/mol. The second kappa shape index (κ2) is 5.32. The summed E-state index contributed by atoms with van der Waals surface area (Å²) in [6.07, 6.45) is 0.404. The fourth-order valence-electron chi connectivity index (χ4n) is 1.65. The quantitative estimate of drug-likeness (QED) is 0.802. The van der Waals surface area contributed by atoms with Gasteiger partial charge in [0.2, 0.25) is 0 Å². The van der Waals surface area contributed by atoms with Crippen LogP contribution in [0.15, 0.2) is 29.2 Å². The Kier molecular flexibility index (Phi) is 4.11. The van der Waals surface area contributed by atoms with Crippen LogP contribution in [0.3, 0.4) is 0 Å². The third-order valence-electron chi connectivity index (χ3n) is 2.51. The standard InChI is InChI=1S/C11H9Cl3N2O2S/c1-2-9-10(19(14,17)18)11(13)16(15-9)8-5-3-7(12)4-6-8/h3-6H,2H2,1H3. The number of benzene rings is 1. The second-order valence-corrected chi connectivity index (χ2v) is 7.04. The molecule has 0 bridgehead atoms. The van der Waals surface area contributed by atoms with Gasteiger partial charge in [0.15, 0.2) is 5.15 Å². The molecule has 0 unspecified atom stereocenters. The predicted octanol–water partition coefficient (Wildman–Crippen LogP) is 3.67. The van der Waals surface area contributed by atoms with Gasteiger partial charge in [-0.1, -0.05) is 30.1 Å². The predicted molar refractivity (Wildman–Crippen MR) is 76.0 cm³/mol. The summed E-state index contributed by atoms with van der Waals surface area (Å²) in [5.41, 5.74) is 0.936. The Hall–Kier alpha value is -0.750. The highest BCUT2D eigenvalue weighted by molar-refractivity contribution is 8.13. The lowest BCUT2D eigenvalue weighted by Crippen LogP contribution is -1.97. The first-order valence-electron chi connectivity index (χ1n) is 5.32. The average Bonchev–Trinajstić information content (AvgIpc) is 2.67. The highest BCUT2D eigenvalue weighted by Crippen LogP contribution is 2.31. The molecule has 0 saturated heterocycles. The summed E-state index contributed by atoms with van der Waals surface area (Å²) in [6, 6.07) is 6.70. The molecule has 2 rings (SSSR count). The summed E-state index contributed by atoms with van der Waals surface area (Å²) < 4.78 is 24.4. The van der Waals surface area contributed by atoms with Crippen molar-refractivity contribution < 1.29 is 8.42 Å². The van der Waals surface area contributed by atoms with Crippen LogP contribution in [0.1, 0.15) is 12.6 Å². The van der Waals surface area contributed by atoms with Crippen LogP contribution in [0.2, 0.25) is 10.2 Å². The Bertz CT molecular complexity index is 708. The van der Waals surface area contributed by atoms with E-state index in [4.69, 9.17) is 33.9 Å². The van der Waals surface area contributed by atoms with E-state index in [1.54, 1.807) is 31.2 Å².